The molecule has 2 aromatic carbocycles. The van der Waals surface area contributed by atoms with Gasteiger partial charge in [-0.25, -0.2) is 9.97 Å². The average molecular weight is 372 g/mol. The van der Waals surface area contributed by atoms with Crippen molar-refractivity contribution < 1.29 is 9.32 Å². The predicted octanol–water partition coefficient (Wildman–Crippen LogP) is 4.77. The van der Waals surface area contributed by atoms with Crippen molar-refractivity contribution in [3.63, 3.8) is 0 Å². The van der Waals surface area contributed by atoms with Crippen molar-refractivity contribution in [1.82, 2.24) is 15.1 Å². The number of aryl methyl sites for hydroxylation is 4. The molecule has 1 amide bonds. The molecule has 2 heterocycles. The van der Waals surface area contributed by atoms with Crippen molar-refractivity contribution in [3.8, 4) is 11.1 Å². The zero-order valence-electron chi connectivity index (χ0n) is 16.2. The fourth-order valence-electron chi connectivity index (χ4n) is 3.19. The lowest BCUT2D eigenvalue weighted by molar-refractivity contribution is 0.102. The standard InChI is InChI=1S/C22H20N4O2/c1-12-13(2)24-20-11-17(7-10-19(20)23-12)22(27)25-18-8-5-16(6-9-18)21-14(3)26-28-15(21)4/h5-11H,1-4H3,(H,25,27). The number of fused-ring (bicyclic) bond motifs is 1. The van der Waals surface area contributed by atoms with Crippen LogP contribution in [0.15, 0.2) is 47.0 Å². The van der Waals surface area contributed by atoms with Gasteiger partial charge in [0.05, 0.1) is 28.1 Å². The van der Waals surface area contributed by atoms with E-state index >= 15 is 0 Å². The maximum atomic E-state index is 12.6. The summed E-state index contributed by atoms with van der Waals surface area (Å²) in [5, 5.41) is 6.91. The lowest BCUT2D eigenvalue weighted by atomic mass is 10.0. The minimum Gasteiger partial charge on any atom is -0.361 e. The van der Waals surface area contributed by atoms with Gasteiger partial charge in [0.25, 0.3) is 5.91 Å². The van der Waals surface area contributed by atoms with Crippen LogP contribution < -0.4 is 5.32 Å². The largest absolute Gasteiger partial charge is 0.361 e. The molecule has 6 heteroatoms. The summed E-state index contributed by atoms with van der Waals surface area (Å²) in [5.41, 5.74) is 7.33. The maximum absolute atomic E-state index is 12.6. The SMILES string of the molecule is Cc1nc2ccc(C(=O)Nc3ccc(-c4c(C)noc4C)cc3)cc2nc1C. The van der Waals surface area contributed by atoms with Crippen LogP contribution in [0.2, 0.25) is 0 Å². The number of amides is 1. The molecule has 0 radical (unpaired) electrons. The van der Waals surface area contributed by atoms with Crippen LogP contribution >= 0.6 is 0 Å². The van der Waals surface area contributed by atoms with E-state index in [1.807, 2.05) is 58.0 Å². The van der Waals surface area contributed by atoms with Crippen molar-refractivity contribution in [2.24, 2.45) is 0 Å². The lowest BCUT2D eigenvalue weighted by Crippen LogP contribution is -2.12. The maximum Gasteiger partial charge on any atom is 0.255 e. The fraction of sp³-hybridized carbons (Fsp3) is 0.182. The van der Waals surface area contributed by atoms with Gasteiger partial charge in [-0.1, -0.05) is 17.3 Å². The highest BCUT2D eigenvalue weighted by Crippen LogP contribution is 2.28. The highest BCUT2D eigenvalue weighted by Gasteiger charge is 2.12. The number of carbonyl (C=O) groups is 1. The number of benzene rings is 2. The van der Waals surface area contributed by atoms with E-state index in [9.17, 15) is 4.79 Å². The Morgan fingerprint density at radius 3 is 2.18 bits per heavy atom. The van der Waals surface area contributed by atoms with Crippen LogP contribution in [0.25, 0.3) is 22.2 Å². The van der Waals surface area contributed by atoms with Gasteiger partial charge in [0.15, 0.2) is 0 Å². The topological polar surface area (TPSA) is 80.9 Å². The van der Waals surface area contributed by atoms with Gasteiger partial charge in [0.2, 0.25) is 0 Å². The van der Waals surface area contributed by atoms with Crippen LogP contribution in [0.4, 0.5) is 5.69 Å². The second kappa shape index (κ2) is 6.88. The van der Waals surface area contributed by atoms with Gasteiger partial charge in [0.1, 0.15) is 5.76 Å². The molecule has 0 aliphatic carbocycles. The van der Waals surface area contributed by atoms with Crippen LogP contribution in [-0.4, -0.2) is 21.0 Å². The van der Waals surface area contributed by atoms with E-state index in [1.54, 1.807) is 12.1 Å². The first-order valence-electron chi connectivity index (χ1n) is 9.02. The minimum atomic E-state index is -0.188. The summed E-state index contributed by atoms with van der Waals surface area (Å²) in [6, 6.07) is 13.0. The van der Waals surface area contributed by atoms with Crippen molar-refractivity contribution in [1.29, 1.82) is 0 Å². The summed E-state index contributed by atoms with van der Waals surface area (Å²) >= 11 is 0. The first kappa shape index (κ1) is 17.9. The molecule has 0 saturated carbocycles. The van der Waals surface area contributed by atoms with E-state index in [2.05, 4.69) is 20.4 Å². The third-order valence-corrected chi connectivity index (χ3v) is 4.80. The zero-order valence-corrected chi connectivity index (χ0v) is 16.2. The second-order valence-corrected chi connectivity index (χ2v) is 6.83. The molecule has 4 rings (SSSR count). The number of carbonyl (C=O) groups excluding carboxylic acids is 1. The molecule has 0 fully saturated rings. The summed E-state index contributed by atoms with van der Waals surface area (Å²) in [4.78, 5) is 21.7. The molecule has 6 nitrogen and oxygen atoms in total. The third-order valence-electron chi connectivity index (χ3n) is 4.80. The Morgan fingerprint density at radius 2 is 1.54 bits per heavy atom. The number of anilines is 1. The molecule has 0 unspecified atom stereocenters. The number of nitrogens with one attached hydrogen (secondary N) is 1. The summed E-state index contributed by atoms with van der Waals surface area (Å²) in [6.45, 7) is 7.63. The Labute approximate surface area is 162 Å². The molecule has 140 valence electrons. The van der Waals surface area contributed by atoms with Gasteiger partial charge >= 0.3 is 0 Å². The van der Waals surface area contributed by atoms with Gasteiger partial charge < -0.3 is 9.84 Å². The number of hydrogen-bond donors (Lipinski definition) is 1. The smallest absolute Gasteiger partial charge is 0.255 e. The Bertz CT molecular complexity index is 1170. The Kier molecular flexibility index (Phi) is 4.39. The van der Waals surface area contributed by atoms with E-state index in [1.165, 1.54) is 0 Å². The van der Waals surface area contributed by atoms with E-state index < -0.39 is 0 Å². The van der Waals surface area contributed by atoms with Crippen LogP contribution in [-0.2, 0) is 0 Å². The lowest BCUT2D eigenvalue weighted by Gasteiger charge is -2.08. The molecular formula is C22H20N4O2. The van der Waals surface area contributed by atoms with Crippen molar-refractivity contribution in [2.45, 2.75) is 27.7 Å². The number of aromatic nitrogens is 3. The summed E-state index contributed by atoms with van der Waals surface area (Å²) < 4.78 is 5.22. The molecule has 0 aliphatic heterocycles. The van der Waals surface area contributed by atoms with Gasteiger partial charge in [-0.05, 0) is 63.6 Å². The molecule has 0 aliphatic rings. The van der Waals surface area contributed by atoms with Gasteiger partial charge in [-0.3, -0.25) is 4.79 Å². The van der Waals surface area contributed by atoms with Crippen molar-refractivity contribution in [3.05, 3.63) is 70.9 Å². The summed E-state index contributed by atoms with van der Waals surface area (Å²) in [7, 11) is 0. The van der Waals surface area contributed by atoms with E-state index in [0.717, 1.165) is 39.5 Å². The molecule has 4 aromatic rings. The monoisotopic (exact) mass is 372 g/mol. The molecule has 0 saturated heterocycles. The zero-order chi connectivity index (χ0) is 19.8. The summed E-state index contributed by atoms with van der Waals surface area (Å²) in [6.07, 6.45) is 0. The van der Waals surface area contributed by atoms with Crippen LogP contribution in [0.5, 0.6) is 0 Å². The normalized spacial score (nSPS) is 11.0. The molecule has 1 N–H and O–H groups in total. The molecule has 28 heavy (non-hydrogen) atoms. The minimum absolute atomic E-state index is 0.188. The van der Waals surface area contributed by atoms with E-state index in [-0.39, 0.29) is 5.91 Å². The second-order valence-electron chi connectivity index (χ2n) is 6.83. The predicted molar refractivity (Wildman–Crippen MR) is 108 cm³/mol. The molecule has 0 bridgehead atoms. The van der Waals surface area contributed by atoms with Gasteiger partial charge in [-0.2, -0.15) is 0 Å². The first-order chi connectivity index (χ1) is 13.4. The van der Waals surface area contributed by atoms with Gasteiger partial charge in [-0.15, -0.1) is 0 Å². The number of nitrogens with zero attached hydrogens (tertiary/aromatic N) is 3. The Balaban J connectivity index is 1.56. The van der Waals surface area contributed by atoms with Crippen molar-refractivity contribution >= 4 is 22.6 Å². The number of rotatable bonds is 3. The van der Waals surface area contributed by atoms with Crippen LogP contribution in [0.3, 0.4) is 0 Å². The summed E-state index contributed by atoms with van der Waals surface area (Å²) in [5.74, 6) is 0.587. The van der Waals surface area contributed by atoms with Crippen LogP contribution in [0, 0.1) is 27.7 Å². The number of hydrogen-bond acceptors (Lipinski definition) is 5. The average Bonchev–Trinajstić information content (AvgIpc) is 3.01. The Morgan fingerprint density at radius 1 is 0.857 bits per heavy atom. The van der Waals surface area contributed by atoms with E-state index in [0.29, 0.717) is 16.8 Å². The Hall–Kier alpha value is -3.54. The molecular weight excluding hydrogens is 352 g/mol. The quantitative estimate of drug-likeness (QED) is 0.560. The van der Waals surface area contributed by atoms with Gasteiger partial charge in [0, 0.05) is 16.8 Å². The third kappa shape index (κ3) is 3.24. The fourth-order valence-corrected chi connectivity index (χ4v) is 3.19. The first-order valence-corrected chi connectivity index (χ1v) is 9.02. The highest BCUT2D eigenvalue weighted by molar-refractivity contribution is 6.06. The molecule has 2 aromatic heterocycles. The van der Waals surface area contributed by atoms with Crippen LogP contribution in [0.1, 0.15) is 33.2 Å². The van der Waals surface area contributed by atoms with E-state index in [4.69, 9.17) is 4.52 Å². The highest BCUT2D eigenvalue weighted by atomic mass is 16.5. The molecule has 0 atom stereocenters. The molecule has 0 spiro atoms. The van der Waals surface area contributed by atoms with Crippen molar-refractivity contribution in [2.75, 3.05) is 5.32 Å².